The Morgan fingerprint density at radius 3 is 2.57 bits per heavy atom. The van der Waals surface area contributed by atoms with Crippen molar-refractivity contribution in [1.82, 2.24) is 4.90 Å². The highest BCUT2D eigenvalue weighted by atomic mass is 16.2. The van der Waals surface area contributed by atoms with E-state index in [1.807, 2.05) is 24.1 Å². The maximum atomic E-state index is 12.9. The number of amides is 1. The number of carbonyl (C=O) groups is 1. The van der Waals surface area contributed by atoms with Crippen LogP contribution in [0.5, 0.6) is 0 Å². The molecule has 1 fully saturated rings. The number of rotatable bonds is 4. The van der Waals surface area contributed by atoms with Gasteiger partial charge in [-0.15, -0.1) is 0 Å². The van der Waals surface area contributed by atoms with E-state index in [-0.39, 0.29) is 11.9 Å². The SMILES string of the molecule is CCCN1C(C)CCC[C@H]1C(=O)N(C)c1ccc(C)cc1. The van der Waals surface area contributed by atoms with Crippen LogP contribution >= 0.6 is 0 Å². The van der Waals surface area contributed by atoms with Gasteiger partial charge in [-0.3, -0.25) is 9.69 Å². The zero-order valence-electron chi connectivity index (χ0n) is 13.8. The first-order chi connectivity index (χ1) is 10.0. The number of carbonyl (C=O) groups excluding carboxylic acids is 1. The maximum Gasteiger partial charge on any atom is 0.244 e. The van der Waals surface area contributed by atoms with Crippen molar-refractivity contribution < 1.29 is 4.79 Å². The Labute approximate surface area is 128 Å². The molecule has 1 aromatic carbocycles. The highest BCUT2D eigenvalue weighted by molar-refractivity contribution is 5.96. The molecule has 0 saturated carbocycles. The maximum absolute atomic E-state index is 12.9. The molecule has 2 rings (SSSR count). The smallest absolute Gasteiger partial charge is 0.244 e. The third-order valence-electron chi connectivity index (χ3n) is 4.58. The number of piperidine rings is 1. The zero-order valence-corrected chi connectivity index (χ0v) is 13.8. The monoisotopic (exact) mass is 288 g/mol. The highest BCUT2D eigenvalue weighted by Crippen LogP contribution is 2.26. The van der Waals surface area contributed by atoms with E-state index in [4.69, 9.17) is 0 Å². The number of anilines is 1. The van der Waals surface area contributed by atoms with Gasteiger partial charge in [-0.05, 0) is 58.2 Å². The lowest BCUT2D eigenvalue weighted by Gasteiger charge is -2.41. The third kappa shape index (κ3) is 3.65. The van der Waals surface area contributed by atoms with Crippen molar-refractivity contribution in [2.75, 3.05) is 18.5 Å². The molecule has 1 heterocycles. The van der Waals surface area contributed by atoms with Crippen LogP contribution in [-0.4, -0.2) is 36.5 Å². The van der Waals surface area contributed by atoms with E-state index in [0.717, 1.165) is 31.5 Å². The summed E-state index contributed by atoms with van der Waals surface area (Å²) in [5, 5.41) is 0. The lowest BCUT2D eigenvalue weighted by Crippen LogP contribution is -2.53. The molecule has 1 amide bonds. The Morgan fingerprint density at radius 2 is 1.95 bits per heavy atom. The zero-order chi connectivity index (χ0) is 15.4. The van der Waals surface area contributed by atoms with E-state index >= 15 is 0 Å². The minimum absolute atomic E-state index is 0.0417. The lowest BCUT2D eigenvalue weighted by atomic mass is 9.95. The molecule has 116 valence electrons. The molecule has 0 aliphatic carbocycles. The Kier molecular flexibility index (Phi) is 5.40. The van der Waals surface area contributed by atoms with Crippen molar-refractivity contribution in [1.29, 1.82) is 0 Å². The van der Waals surface area contributed by atoms with E-state index in [1.165, 1.54) is 12.0 Å². The molecule has 0 N–H and O–H groups in total. The normalized spacial score (nSPS) is 23.0. The molecule has 0 spiro atoms. The largest absolute Gasteiger partial charge is 0.314 e. The van der Waals surface area contributed by atoms with Gasteiger partial charge in [0.15, 0.2) is 0 Å². The average molecular weight is 288 g/mol. The topological polar surface area (TPSA) is 23.6 Å². The fraction of sp³-hybridized carbons (Fsp3) is 0.611. The van der Waals surface area contributed by atoms with Crippen LogP contribution in [-0.2, 0) is 4.79 Å². The van der Waals surface area contributed by atoms with Crippen molar-refractivity contribution in [2.24, 2.45) is 0 Å². The molecule has 0 radical (unpaired) electrons. The van der Waals surface area contributed by atoms with Gasteiger partial charge < -0.3 is 4.90 Å². The standard InChI is InChI=1S/C18H28N2O/c1-5-13-20-15(3)7-6-8-17(20)18(21)19(4)16-11-9-14(2)10-12-16/h9-12,15,17H,5-8,13H2,1-4H3/t15?,17-/m0/s1. The van der Waals surface area contributed by atoms with Crippen LogP contribution in [0.3, 0.4) is 0 Å². The molecule has 1 saturated heterocycles. The van der Waals surface area contributed by atoms with Gasteiger partial charge >= 0.3 is 0 Å². The van der Waals surface area contributed by atoms with Crippen LogP contribution < -0.4 is 4.90 Å². The molecule has 3 heteroatoms. The highest BCUT2D eigenvalue weighted by Gasteiger charge is 2.34. The minimum atomic E-state index is 0.0417. The fourth-order valence-electron chi connectivity index (χ4n) is 3.26. The molecular formula is C18H28N2O. The summed E-state index contributed by atoms with van der Waals surface area (Å²) in [7, 11) is 1.90. The Hall–Kier alpha value is -1.35. The van der Waals surface area contributed by atoms with Crippen LogP contribution in [0, 0.1) is 6.92 Å². The molecule has 1 aromatic rings. The second-order valence-corrected chi connectivity index (χ2v) is 6.27. The Balaban J connectivity index is 2.14. The van der Waals surface area contributed by atoms with Gasteiger partial charge in [0.2, 0.25) is 5.91 Å². The number of likely N-dealkylation sites (tertiary alicyclic amines) is 1. The second-order valence-electron chi connectivity index (χ2n) is 6.27. The molecule has 1 aliphatic heterocycles. The van der Waals surface area contributed by atoms with Gasteiger partial charge in [0.1, 0.15) is 0 Å². The van der Waals surface area contributed by atoms with Crippen molar-refractivity contribution >= 4 is 11.6 Å². The molecule has 3 nitrogen and oxygen atoms in total. The van der Waals surface area contributed by atoms with Gasteiger partial charge in [-0.1, -0.05) is 24.6 Å². The first-order valence-corrected chi connectivity index (χ1v) is 8.14. The lowest BCUT2D eigenvalue weighted by molar-refractivity contribution is -0.125. The molecule has 0 bridgehead atoms. The first-order valence-electron chi connectivity index (χ1n) is 8.14. The Morgan fingerprint density at radius 1 is 1.29 bits per heavy atom. The molecule has 1 aliphatic rings. The van der Waals surface area contributed by atoms with E-state index < -0.39 is 0 Å². The van der Waals surface area contributed by atoms with E-state index in [9.17, 15) is 4.79 Å². The van der Waals surface area contributed by atoms with Crippen molar-refractivity contribution in [2.45, 2.75) is 58.5 Å². The second kappa shape index (κ2) is 7.08. The fourth-order valence-corrected chi connectivity index (χ4v) is 3.26. The summed E-state index contributed by atoms with van der Waals surface area (Å²) >= 11 is 0. The summed E-state index contributed by atoms with van der Waals surface area (Å²) < 4.78 is 0. The predicted molar refractivity (Wildman–Crippen MR) is 88.7 cm³/mol. The van der Waals surface area contributed by atoms with E-state index in [1.54, 1.807) is 0 Å². The molecule has 1 unspecified atom stereocenters. The minimum Gasteiger partial charge on any atom is -0.314 e. The van der Waals surface area contributed by atoms with Crippen molar-refractivity contribution in [3.05, 3.63) is 29.8 Å². The molecular weight excluding hydrogens is 260 g/mol. The number of likely N-dealkylation sites (N-methyl/N-ethyl adjacent to an activating group) is 1. The van der Waals surface area contributed by atoms with Gasteiger partial charge in [-0.2, -0.15) is 0 Å². The van der Waals surface area contributed by atoms with E-state index in [2.05, 4.69) is 37.8 Å². The number of hydrogen-bond donors (Lipinski definition) is 0. The quantitative estimate of drug-likeness (QED) is 0.845. The summed E-state index contributed by atoms with van der Waals surface area (Å²) in [6.45, 7) is 7.52. The van der Waals surface area contributed by atoms with Crippen LogP contribution in [0.2, 0.25) is 0 Å². The molecule has 2 atom stereocenters. The summed E-state index contributed by atoms with van der Waals surface area (Å²) in [4.78, 5) is 17.1. The van der Waals surface area contributed by atoms with Crippen LogP contribution in [0.25, 0.3) is 0 Å². The Bertz CT molecular complexity index is 469. The average Bonchev–Trinajstić information content (AvgIpc) is 2.49. The van der Waals surface area contributed by atoms with Gasteiger partial charge in [-0.25, -0.2) is 0 Å². The van der Waals surface area contributed by atoms with E-state index in [0.29, 0.717) is 6.04 Å². The summed E-state index contributed by atoms with van der Waals surface area (Å²) in [6.07, 6.45) is 4.44. The van der Waals surface area contributed by atoms with Gasteiger partial charge in [0.25, 0.3) is 0 Å². The summed E-state index contributed by atoms with van der Waals surface area (Å²) in [5.41, 5.74) is 2.21. The number of hydrogen-bond acceptors (Lipinski definition) is 2. The summed E-state index contributed by atoms with van der Waals surface area (Å²) in [5.74, 6) is 0.235. The van der Waals surface area contributed by atoms with Gasteiger partial charge in [0, 0.05) is 18.8 Å². The predicted octanol–water partition coefficient (Wildman–Crippen LogP) is 3.61. The van der Waals surface area contributed by atoms with Crippen LogP contribution in [0.1, 0.15) is 45.1 Å². The van der Waals surface area contributed by atoms with Crippen molar-refractivity contribution in [3.8, 4) is 0 Å². The molecule has 21 heavy (non-hydrogen) atoms. The van der Waals surface area contributed by atoms with Crippen LogP contribution in [0.15, 0.2) is 24.3 Å². The van der Waals surface area contributed by atoms with Gasteiger partial charge in [0.05, 0.1) is 6.04 Å². The third-order valence-corrected chi connectivity index (χ3v) is 4.58. The number of aryl methyl sites for hydroxylation is 1. The first kappa shape index (κ1) is 16.0. The number of nitrogens with zero attached hydrogens (tertiary/aromatic N) is 2. The molecule has 0 aromatic heterocycles. The van der Waals surface area contributed by atoms with Crippen molar-refractivity contribution in [3.63, 3.8) is 0 Å². The summed E-state index contributed by atoms with van der Waals surface area (Å²) in [6, 6.07) is 8.74. The number of benzene rings is 1. The van der Waals surface area contributed by atoms with Crippen LogP contribution in [0.4, 0.5) is 5.69 Å².